The highest BCUT2D eigenvalue weighted by Crippen LogP contribution is 2.31. The molecule has 1 unspecified atom stereocenters. The average Bonchev–Trinajstić information content (AvgIpc) is 3.03. The van der Waals surface area contributed by atoms with Crippen LogP contribution < -0.4 is 5.32 Å². The van der Waals surface area contributed by atoms with Gasteiger partial charge in [-0.2, -0.15) is 0 Å². The van der Waals surface area contributed by atoms with Crippen molar-refractivity contribution in [3.8, 4) is 0 Å². The number of nitro benzene ring substituents is 1. The van der Waals surface area contributed by atoms with Crippen LogP contribution in [0.4, 0.5) is 11.4 Å². The third-order valence-electron chi connectivity index (χ3n) is 3.70. The molecular formula is C17H16N2O4S. The molecule has 0 aliphatic rings. The summed E-state index contributed by atoms with van der Waals surface area (Å²) in [6.07, 6.45) is -0.778. The second kappa shape index (κ2) is 6.96. The minimum absolute atomic E-state index is 0.0873. The van der Waals surface area contributed by atoms with E-state index >= 15 is 0 Å². The first-order valence-corrected chi connectivity index (χ1v) is 8.18. The molecule has 2 aromatic carbocycles. The van der Waals surface area contributed by atoms with Gasteiger partial charge in [0.15, 0.2) is 0 Å². The number of nitro groups is 1. The summed E-state index contributed by atoms with van der Waals surface area (Å²) in [5.74, 6) is 0. The van der Waals surface area contributed by atoms with Crippen molar-refractivity contribution < 1.29 is 15.1 Å². The third kappa shape index (κ3) is 3.38. The van der Waals surface area contributed by atoms with Gasteiger partial charge in [0.1, 0.15) is 11.8 Å². The number of benzene rings is 2. The summed E-state index contributed by atoms with van der Waals surface area (Å²) in [7, 11) is 0. The average molecular weight is 344 g/mol. The van der Waals surface area contributed by atoms with Crippen LogP contribution in [0.25, 0.3) is 10.1 Å². The largest absolute Gasteiger partial charge is 0.392 e. The highest BCUT2D eigenvalue weighted by atomic mass is 32.1. The molecule has 0 radical (unpaired) electrons. The molecule has 0 bridgehead atoms. The molecule has 124 valence electrons. The standard InChI is InChI=1S/C17H16N2O4S/c20-10-11-5-6-14(19(22)23)13(7-11)18-9-15(21)17-8-12-3-1-2-4-16(12)24-17/h1-8,15,18,20-21H,9-10H2. The normalized spacial score (nSPS) is 12.2. The SMILES string of the molecule is O=[N+]([O-])c1ccc(CO)cc1NCC(O)c1cc2ccccc2s1. The van der Waals surface area contributed by atoms with Crippen molar-refractivity contribution in [2.75, 3.05) is 11.9 Å². The van der Waals surface area contributed by atoms with Gasteiger partial charge in [-0.25, -0.2) is 0 Å². The van der Waals surface area contributed by atoms with E-state index in [1.807, 2.05) is 30.3 Å². The topological polar surface area (TPSA) is 95.6 Å². The van der Waals surface area contributed by atoms with Crippen LogP contribution in [0.1, 0.15) is 16.5 Å². The van der Waals surface area contributed by atoms with Gasteiger partial charge in [0.05, 0.1) is 11.5 Å². The molecule has 6 nitrogen and oxygen atoms in total. The number of fused-ring (bicyclic) bond motifs is 1. The number of nitrogens with zero attached hydrogens (tertiary/aromatic N) is 1. The lowest BCUT2D eigenvalue weighted by molar-refractivity contribution is -0.384. The van der Waals surface area contributed by atoms with Crippen LogP contribution in [0.3, 0.4) is 0 Å². The number of thiophene rings is 1. The predicted octanol–water partition coefficient (Wildman–Crippen LogP) is 3.45. The molecule has 3 aromatic rings. The van der Waals surface area contributed by atoms with Crippen LogP contribution in [0.5, 0.6) is 0 Å². The molecule has 1 aromatic heterocycles. The Morgan fingerprint density at radius 1 is 1.21 bits per heavy atom. The zero-order chi connectivity index (χ0) is 17.1. The van der Waals surface area contributed by atoms with Gasteiger partial charge in [-0.3, -0.25) is 10.1 Å². The molecule has 0 fully saturated rings. The fraction of sp³-hybridized carbons (Fsp3) is 0.176. The van der Waals surface area contributed by atoms with Crippen LogP contribution in [0.15, 0.2) is 48.5 Å². The number of hydrogen-bond acceptors (Lipinski definition) is 6. The molecular weight excluding hydrogens is 328 g/mol. The number of nitrogens with one attached hydrogen (secondary N) is 1. The van der Waals surface area contributed by atoms with Crippen molar-refractivity contribution in [1.82, 2.24) is 0 Å². The first-order chi connectivity index (χ1) is 11.6. The van der Waals surface area contributed by atoms with E-state index in [9.17, 15) is 20.3 Å². The van der Waals surface area contributed by atoms with Gasteiger partial charge in [-0.05, 0) is 35.2 Å². The van der Waals surface area contributed by atoms with Crippen molar-refractivity contribution in [2.24, 2.45) is 0 Å². The summed E-state index contributed by atoms with van der Waals surface area (Å²) in [4.78, 5) is 11.4. The van der Waals surface area contributed by atoms with E-state index in [4.69, 9.17) is 0 Å². The highest BCUT2D eigenvalue weighted by Gasteiger charge is 2.17. The molecule has 0 saturated carbocycles. The van der Waals surface area contributed by atoms with Crippen LogP contribution in [-0.4, -0.2) is 21.7 Å². The van der Waals surface area contributed by atoms with Gasteiger partial charge in [-0.1, -0.05) is 18.2 Å². The van der Waals surface area contributed by atoms with Crippen LogP contribution >= 0.6 is 11.3 Å². The summed E-state index contributed by atoms with van der Waals surface area (Å²) in [5.41, 5.74) is 0.766. The third-order valence-corrected chi connectivity index (χ3v) is 4.92. The van der Waals surface area contributed by atoms with Crippen LogP contribution in [-0.2, 0) is 6.61 Å². The Balaban J connectivity index is 1.78. The van der Waals surface area contributed by atoms with Gasteiger partial charge >= 0.3 is 0 Å². The van der Waals surface area contributed by atoms with E-state index in [-0.39, 0.29) is 24.5 Å². The molecule has 0 spiro atoms. The van der Waals surface area contributed by atoms with Gasteiger partial charge in [-0.15, -0.1) is 11.3 Å². The zero-order valence-corrected chi connectivity index (χ0v) is 13.5. The molecule has 0 aliphatic carbocycles. The molecule has 3 rings (SSSR count). The summed E-state index contributed by atoms with van der Waals surface area (Å²) in [6, 6.07) is 14.1. The van der Waals surface area contributed by atoms with Crippen molar-refractivity contribution in [1.29, 1.82) is 0 Å². The molecule has 0 saturated heterocycles. The van der Waals surface area contributed by atoms with E-state index < -0.39 is 11.0 Å². The fourth-order valence-corrected chi connectivity index (χ4v) is 3.51. The van der Waals surface area contributed by atoms with Gasteiger partial charge in [0.2, 0.25) is 0 Å². The lowest BCUT2D eigenvalue weighted by Crippen LogP contribution is -2.12. The predicted molar refractivity (Wildman–Crippen MR) is 94.3 cm³/mol. The quantitative estimate of drug-likeness (QED) is 0.470. The Bertz CT molecular complexity index is 845. The molecule has 0 aliphatic heterocycles. The first kappa shape index (κ1) is 16.4. The fourth-order valence-electron chi connectivity index (χ4n) is 2.46. The number of rotatable bonds is 6. The summed E-state index contributed by atoms with van der Waals surface area (Å²) in [5, 5.41) is 34.6. The van der Waals surface area contributed by atoms with Crippen LogP contribution in [0.2, 0.25) is 0 Å². The van der Waals surface area contributed by atoms with E-state index in [0.717, 1.165) is 15.0 Å². The van der Waals surface area contributed by atoms with Gasteiger partial charge in [0, 0.05) is 22.2 Å². The molecule has 1 heterocycles. The Hall–Kier alpha value is -2.48. The second-order valence-corrected chi connectivity index (χ2v) is 6.47. The van der Waals surface area contributed by atoms with E-state index in [1.54, 1.807) is 0 Å². The molecule has 0 amide bonds. The highest BCUT2D eigenvalue weighted by molar-refractivity contribution is 7.19. The smallest absolute Gasteiger partial charge is 0.292 e. The zero-order valence-electron chi connectivity index (χ0n) is 12.7. The molecule has 7 heteroatoms. The van der Waals surface area contributed by atoms with Crippen molar-refractivity contribution >= 4 is 32.8 Å². The lowest BCUT2D eigenvalue weighted by Gasteiger charge is -2.12. The van der Waals surface area contributed by atoms with E-state index in [2.05, 4.69) is 5.32 Å². The summed E-state index contributed by atoms with van der Waals surface area (Å²) in [6.45, 7) is -0.0614. The Morgan fingerprint density at radius 3 is 2.71 bits per heavy atom. The maximum absolute atomic E-state index is 11.1. The van der Waals surface area contributed by atoms with Crippen molar-refractivity contribution in [3.63, 3.8) is 0 Å². The molecule has 1 atom stereocenters. The minimum Gasteiger partial charge on any atom is -0.392 e. The van der Waals surface area contributed by atoms with Crippen molar-refractivity contribution in [2.45, 2.75) is 12.7 Å². The Morgan fingerprint density at radius 2 is 2.00 bits per heavy atom. The van der Waals surface area contributed by atoms with Crippen molar-refractivity contribution in [3.05, 3.63) is 69.1 Å². The summed E-state index contributed by atoms with van der Waals surface area (Å²) < 4.78 is 1.08. The number of aliphatic hydroxyl groups is 2. The Kier molecular flexibility index (Phi) is 4.75. The lowest BCUT2D eigenvalue weighted by atomic mass is 10.1. The number of anilines is 1. The van der Waals surface area contributed by atoms with E-state index in [1.165, 1.54) is 29.5 Å². The Labute approximate surface area is 142 Å². The summed E-state index contributed by atoms with van der Waals surface area (Å²) >= 11 is 1.49. The molecule has 24 heavy (non-hydrogen) atoms. The minimum atomic E-state index is -0.778. The monoisotopic (exact) mass is 344 g/mol. The van der Waals surface area contributed by atoms with Gasteiger partial charge in [0.25, 0.3) is 5.69 Å². The maximum Gasteiger partial charge on any atom is 0.292 e. The number of hydrogen-bond donors (Lipinski definition) is 3. The molecule has 3 N–H and O–H groups in total. The van der Waals surface area contributed by atoms with Gasteiger partial charge < -0.3 is 15.5 Å². The van der Waals surface area contributed by atoms with Crippen LogP contribution in [0, 0.1) is 10.1 Å². The van der Waals surface area contributed by atoms with E-state index in [0.29, 0.717) is 5.56 Å². The second-order valence-electron chi connectivity index (χ2n) is 5.35. The maximum atomic E-state index is 11.1. The first-order valence-electron chi connectivity index (χ1n) is 7.37. The number of aliphatic hydroxyl groups excluding tert-OH is 2.